The number of aryl methyl sites for hydroxylation is 4. The van der Waals surface area contributed by atoms with Crippen LogP contribution < -0.4 is 4.74 Å². The van der Waals surface area contributed by atoms with Crippen molar-refractivity contribution in [2.45, 2.75) is 53.4 Å². The molecule has 0 aliphatic rings. The number of aromatic nitrogens is 4. The van der Waals surface area contributed by atoms with Gasteiger partial charge in [0.15, 0.2) is 0 Å². The summed E-state index contributed by atoms with van der Waals surface area (Å²) < 4.78 is 10.7. The number of fused-ring (bicyclic) bond motifs is 3. The van der Waals surface area contributed by atoms with Gasteiger partial charge in [-0.25, -0.2) is 9.67 Å². The van der Waals surface area contributed by atoms with Crippen LogP contribution in [0.15, 0.2) is 110 Å². The fraction of sp³-hybridized carbons (Fsp3) is 0.200. The lowest BCUT2D eigenvalue weighted by Crippen LogP contribution is -1.98. The van der Waals surface area contributed by atoms with Crippen LogP contribution in [0.25, 0.3) is 44.4 Å². The molecule has 7 rings (SSSR count). The highest BCUT2D eigenvalue weighted by Crippen LogP contribution is 2.36. The summed E-state index contributed by atoms with van der Waals surface area (Å²) in [5.41, 5.74) is 11.0. The van der Waals surface area contributed by atoms with Crippen LogP contribution in [0.3, 0.4) is 0 Å². The van der Waals surface area contributed by atoms with Crippen molar-refractivity contribution >= 4 is 21.8 Å². The van der Waals surface area contributed by atoms with E-state index < -0.39 is 0 Å². The van der Waals surface area contributed by atoms with Gasteiger partial charge in [0.05, 0.1) is 22.9 Å². The molecule has 0 aliphatic heterocycles. The van der Waals surface area contributed by atoms with Gasteiger partial charge in [0, 0.05) is 40.9 Å². The zero-order valence-corrected chi connectivity index (χ0v) is 26.4. The molecule has 0 saturated heterocycles. The van der Waals surface area contributed by atoms with E-state index >= 15 is 0 Å². The second-order valence-electron chi connectivity index (χ2n) is 11.7. The number of hydrogen-bond acceptors (Lipinski definition) is 3. The van der Waals surface area contributed by atoms with Crippen molar-refractivity contribution in [3.05, 3.63) is 132 Å². The van der Waals surface area contributed by atoms with Crippen LogP contribution in [0.2, 0.25) is 0 Å². The van der Waals surface area contributed by atoms with Crippen molar-refractivity contribution in [2.75, 3.05) is 0 Å². The molecule has 0 aliphatic carbocycles. The highest BCUT2D eigenvalue weighted by atomic mass is 16.5. The Kier molecular flexibility index (Phi) is 7.68. The van der Waals surface area contributed by atoms with Crippen LogP contribution in [-0.4, -0.2) is 19.3 Å². The Labute approximate surface area is 264 Å². The highest BCUT2D eigenvalue weighted by molar-refractivity contribution is 6.09. The van der Waals surface area contributed by atoms with Gasteiger partial charge in [-0.3, -0.25) is 4.57 Å². The number of pyridine rings is 1. The first-order chi connectivity index (χ1) is 22.1. The maximum atomic E-state index is 6.48. The van der Waals surface area contributed by atoms with E-state index in [4.69, 9.17) is 14.8 Å². The van der Waals surface area contributed by atoms with E-state index in [1.165, 1.54) is 38.6 Å². The smallest absolute Gasteiger partial charge is 0.137 e. The van der Waals surface area contributed by atoms with Gasteiger partial charge >= 0.3 is 0 Å². The fourth-order valence-electron chi connectivity index (χ4n) is 6.52. The average molecular weight is 591 g/mol. The molecule has 5 nitrogen and oxygen atoms in total. The fourth-order valence-corrected chi connectivity index (χ4v) is 6.52. The number of ether oxygens (including phenoxy) is 1. The Morgan fingerprint density at radius 2 is 1.51 bits per heavy atom. The first-order valence-electron chi connectivity index (χ1n) is 16.0. The summed E-state index contributed by atoms with van der Waals surface area (Å²) in [7, 11) is 0. The summed E-state index contributed by atoms with van der Waals surface area (Å²) in [5, 5.41) is 7.15. The lowest BCUT2D eigenvalue weighted by Gasteiger charge is -2.15. The van der Waals surface area contributed by atoms with Gasteiger partial charge in [0.25, 0.3) is 0 Å². The van der Waals surface area contributed by atoms with Crippen LogP contribution in [-0.2, 0) is 19.3 Å². The van der Waals surface area contributed by atoms with Crippen molar-refractivity contribution < 1.29 is 4.74 Å². The molecule has 5 heteroatoms. The number of nitrogens with zero attached hydrogens (tertiary/aromatic N) is 4. The molecule has 7 aromatic rings. The average Bonchev–Trinajstić information content (AvgIpc) is 3.68. The van der Waals surface area contributed by atoms with E-state index in [-0.39, 0.29) is 0 Å². The van der Waals surface area contributed by atoms with Gasteiger partial charge in [-0.15, -0.1) is 0 Å². The predicted molar refractivity (Wildman–Crippen MR) is 185 cm³/mol. The molecule has 0 saturated carbocycles. The summed E-state index contributed by atoms with van der Waals surface area (Å²) in [4.78, 5) is 4.71. The number of benzene rings is 4. The molecular formula is C40H38N4O. The number of rotatable bonds is 9. The maximum Gasteiger partial charge on any atom is 0.137 e. The number of hydrogen-bond donors (Lipinski definition) is 0. The molecule has 45 heavy (non-hydrogen) atoms. The first-order valence-corrected chi connectivity index (χ1v) is 16.0. The third-order valence-electron chi connectivity index (χ3n) is 8.63. The number of para-hydroxylation sites is 1. The molecule has 4 aromatic carbocycles. The van der Waals surface area contributed by atoms with Gasteiger partial charge in [0.2, 0.25) is 0 Å². The third-order valence-corrected chi connectivity index (χ3v) is 8.63. The zero-order chi connectivity index (χ0) is 30.9. The van der Waals surface area contributed by atoms with E-state index in [2.05, 4.69) is 99.1 Å². The van der Waals surface area contributed by atoms with Crippen LogP contribution in [0.1, 0.15) is 49.4 Å². The molecular weight excluding hydrogens is 552 g/mol. The van der Waals surface area contributed by atoms with Crippen LogP contribution in [0, 0.1) is 6.92 Å². The molecule has 0 radical (unpaired) electrons. The van der Waals surface area contributed by atoms with Crippen LogP contribution >= 0.6 is 0 Å². The minimum absolute atomic E-state index is 0.757. The Bertz CT molecular complexity index is 2130. The Morgan fingerprint density at radius 3 is 2.29 bits per heavy atom. The second kappa shape index (κ2) is 12.1. The van der Waals surface area contributed by atoms with E-state index in [1.807, 2.05) is 47.4 Å². The first kappa shape index (κ1) is 28.6. The van der Waals surface area contributed by atoms with Gasteiger partial charge in [-0.1, -0.05) is 63.6 Å². The summed E-state index contributed by atoms with van der Waals surface area (Å²) in [6, 6.07) is 31.8. The van der Waals surface area contributed by atoms with Crippen LogP contribution in [0.5, 0.6) is 11.5 Å². The zero-order valence-electron chi connectivity index (χ0n) is 26.4. The quantitative estimate of drug-likeness (QED) is 0.168. The molecule has 0 spiro atoms. The van der Waals surface area contributed by atoms with E-state index in [0.29, 0.717) is 0 Å². The van der Waals surface area contributed by atoms with Crippen LogP contribution in [0.4, 0.5) is 0 Å². The molecule has 0 atom stereocenters. The molecule has 0 unspecified atom stereocenters. The highest BCUT2D eigenvalue weighted by Gasteiger charge is 2.16. The molecule has 224 valence electrons. The van der Waals surface area contributed by atoms with Gasteiger partial charge < -0.3 is 4.74 Å². The summed E-state index contributed by atoms with van der Waals surface area (Å²) in [6.45, 7) is 8.83. The second-order valence-corrected chi connectivity index (χ2v) is 11.7. The van der Waals surface area contributed by atoms with Gasteiger partial charge in [0.1, 0.15) is 17.3 Å². The lowest BCUT2D eigenvalue weighted by atomic mass is 9.90. The largest absolute Gasteiger partial charge is 0.457 e. The van der Waals surface area contributed by atoms with Gasteiger partial charge in [-0.2, -0.15) is 5.10 Å². The van der Waals surface area contributed by atoms with Crippen molar-refractivity contribution in [3.63, 3.8) is 0 Å². The Balaban J connectivity index is 1.23. The minimum atomic E-state index is 0.757. The third kappa shape index (κ3) is 5.40. The van der Waals surface area contributed by atoms with Crippen molar-refractivity contribution in [1.29, 1.82) is 0 Å². The molecule has 0 bridgehead atoms. The predicted octanol–water partition coefficient (Wildman–Crippen LogP) is 10.2. The molecule has 3 aromatic heterocycles. The normalized spacial score (nSPS) is 11.5. The topological polar surface area (TPSA) is 44.9 Å². The maximum absolute atomic E-state index is 6.48. The Morgan fingerprint density at radius 1 is 0.733 bits per heavy atom. The summed E-state index contributed by atoms with van der Waals surface area (Å²) >= 11 is 0. The van der Waals surface area contributed by atoms with Crippen molar-refractivity contribution in [1.82, 2.24) is 19.3 Å². The molecule has 0 amide bonds. The van der Waals surface area contributed by atoms with E-state index in [9.17, 15) is 0 Å². The standard InChI is InChI=1S/C40H38N4O/c1-5-11-28-21-29(6-2)40(30(7-3)22-28)31-25-42-43(26-31)32-12-10-13-33(23-32)45-34-16-17-36-35-14-8-9-15-37(35)44(38(36)24-34)39-20-27(4)18-19-41-39/h8-10,12-26H,5-7,11H2,1-4H3. The minimum Gasteiger partial charge on any atom is -0.457 e. The van der Waals surface area contributed by atoms with Crippen molar-refractivity contribution in [2.24, 2.45) is 0 Å². The Hall–Kier alpha value is -5.16. The van der Waals surface area contributed by atoms with Crippen molar-refractivity contribution in [3.8, 4) is 34.1 Å². The van der Waals surface area contributed by atoms with E-state index in [0.717, 1.165) is 65.3 Å². The molecule has 0 fully saturated rings. The SMILES string of the molecule is CCCc1cc(CC)c(-c2cnn(-c3cccc(Oc4ccc5c6ccccc6n(-c6cc(C)ccn6)c5c4)c3)c2)c(CC)c1. The van der Waals surface area contributed by atoms with E-state index in [1.54, 1.807) is 0 Å². The molecule has 3 heterocycles. The lowest BCUT2D eigenvalue weighted by molar-refractivity contribution is 0.483. The summed E-state index contributed by atoms with van der Waals surface area (Å²) in [6.07, 6.45) is 10.3. The molecule has 0 N–H and O–H groups in total. The summed E-state index contributed by atoms with van der Waals surface area (Å²) in [5.74, 6) is 2.42. The monoisotopic (exact) mass is 590 g/mol. The van der Waals surface area contributed by atoms with Gasteiger partial charge in [-0.05, 0) is 96.5 Å².